The molecule has 46 heavy (non-hydrogen) atoms. The lowest BCUT2D eigenvalue weighted by Crippen LogP contribution is -2.49. The minimum Gasteiger partial charge on any atom is -0.493 e. The number of halogens is 1. The van der Waals surface area contributed by atoms with Gasteiger partial charge in [0, 0.05) is 19.2 Å². The van der Waals surface area contributed by atoms with Crippen molar-refractivity contribution in [2.45, 2.75) is 99.3 Å². The summed E-state index contributed by atoms with van der Waals surface area (Å²) in [5, 5.41) is 14.0. The lowest BCUT2D eigenvalue weighted by Gasteiger charge is -2.52. The first-order chi connectivity index (χ1) is 22.1. The molecule has 3 saturated carbocycles. The summed E-state index contributed by atoms with van der Waals surface area (Å²) >= 11 is 0. The minimum absolute atomic E-state index is 0.206. The highest BCUT2D eigenvalue weighted by Gasteiger charge is 2.46. The van der Waals surface area contributed by atoms with Crippen molar-refractivity contribution < 1.29 is 28.6 Å². The lowest BCUT2D eigenvalue weighted by molar-refractivity contribution is -0.123. The van der Waals surface area contributed by atoms with Gasteiger partial charge in [0.05, 0.1) is 13.8 Å². The fraction of sp³-hybridized carbons (Fsp3) is 0.600. The number of nitrogens with two attached hydrogens (primary N) is 1. The molecule has 0 radical (unpaired) electrons. The van der Waals surface area contributed by atoms with Gasteiger partial charge in [0.25, 0.3) is 18.3 Å². The Balaban J connectivity index is 0.000000483. The number of aryl methyl sites for hydroxylation is 2. The highest BCUT2D eigenvalue weighted by Crippen LogP contribution is 2.56. The normalized spacial score (nSPS) is 22.9. The van der Waals surface area contributed by atoms with Crippen molar-refractivity contribution in [2.24, 2.45) is 21.7 Å². The molecule has 1 aromatic rings. The van der Waals surface area contributed by atoms with Crippen molar-refractivity contribution in [1.82, 2.24) is 15.6 Å². The molecule has 2 bridgehead atoms. The Morgan fingerprint density at radius 2 is 1.70 bits per heavy atom. The van der Waals surface area contributed by atoms with Crippen molar-refractivity contribution in [1.29, 1.82) is 0 Å². The van der Waals surface area contributed by atoms with Crippen LogP contribution in [0.4, 0.5) is 4.39 Å². The quantitative estimate of drug-likeness (QED) is 0.219. The predicted octanol–water partition coefficient (Wildman–Crippen LogP) is 6.00. The maximum atomic E-state index is 12.9. The van der Waals surface area contributed by atoms with E-state index in [1.807, 2.05) is 27.7 Å². The number of carbonyl (C=O) groups excluding carboxylic acids is 2. The number of amides is 2. The molecule has 0 unspecified atom stereocenters. The molecule has 3 aliphatic carbocycles. The second kappa shape index (κ2) is 20.4. The molecule has 11 heteroatoms. The van der Waals surface area contributed by atoms with Crippen molar-refractivity contribution in [3.63, 3.8) is 0 Å². The van der Waals surface area contributed by atoms with Gasteiger partial charge in [-0.1, -0.05) is 39.8 Å². The largest absolute Gasteiger partial charge is 0.493 e. The lowest BCUT2D eigenvalue weighted by atomic mass is 9.54. The van der Waals surface area contributed by atoms with Gasteiger partial charge in [0.2, 0.25) is 0 Å². The fourth-order valence-corrected chi connectivity index (χ4v) is 5.92. The summed E-state index contributed by atoms with van der Waals surface area (Å²) in [6.07, 6.45) is 13.6. The Morgan fingerprint density at radius 1 is 1.09 bits per heavy atom. The molecular weight excluding hydrogens is 589 g/mol. The number of fused-ring (bicyclic) bond motifs is 4. The van der Waals surface area contributed by atoms with Gasteiger partial charge in [-0.3, -0.25) is 23.8 Å². The van der Waals surface area contributed by atoms with E-state index in [4.69, 9.17) is 20.5 Å². The van der Waals surface area contributed by atoms with Gasteiger partial charge in [-0.05, 0) is 106 Å². The van der Waals surface area contributed by atoms with E-state index in [9.17, 15) is 14.0 Å². The summed E-state index contributed by atoms with van der Waals surface area (Å²) in [7, 11) is 0.500. The highest BCUT2D eigenvalue weighted by molar-refractivity contribution is 6.44. The number of rotatable bonds is 6. The Hall–Kier alpha value is -3.73. The number of alkyl halides is 1. The number of nitrogens with one attached hydrogen (secondary N) is 2. The zero-order chi connectivity index (χ0) is 34.8. The molecule has 0 spiro atoms. The van der Waals surface area contributed by atoms with Gasteiger partial charge in [-0.15, -0.1) is 0 Å². The molecule has 0 aromatic heterocycles. The van der Waals surface area contributed by atoms with E-state index in [1.165, 1.54) is 67.2 Å². The zero-order valence-electron chi connectivity index (χ0n) is 28.9. The van der Waals surface area contributed by atoms with E-state index < -0.39 is 0 Å². The topological polar surface area (TPSA) is 146 Å². The molecule has 2 amide bonds. The molecule has 1 aromatic carbocycles. The van der Waals surface area contributed by atoms with Crippen LogP contribution in [0.15, 0.2) is 46.9 Å². The summed E-state index contributed by atoms with van der Waals surface area (Å²) in [4.78, 5) is 37.9. The Morgan fingerprint density at radius 3 is 2.26 bits per heavy atom. The third-order valence-electron chi connectivity index (χ3n) is 8.68. The molecule has 2 heterocycles. The van der Waals surface area contributed by atoms with Crippen LogP contribution in [-0.4, -0.2) is 61.0 Å². The van der Waals surface area contributed by atoms with Gasteiger partial charge in [0.1, 0.15) is 23.0 Å². The first-order valence-electron chi connectivity index (χ1n) is 16.4. The number of ether oxygens (including phenoxy) is 1. The third kappa shape index (κ3) is 11.6. The molecule has 6 rings (SSSR count). The first kappa shape index (κ1) is 40.3. The molecule has 0 saturated heterocycles. The second-order valence-electron chi connectivity index (χ2n) is 11.9. The van der Waals surface area contributed by atoms with Gasteiger partial charge in [0.15, 0.2) is 0 Å². The van der Waals surface area contributed by atoms with E-state index in [1.54, 1.807) is 6.08 Å². The number of allylic oxidation sites excluding steroid dienone is 1. The SMILES string of the molecule is CC.CC/C=C1/N=C(C(=O)NCC)C=C(C(=O)NCC23CCC(C)(CC2)CC3)N1N.CF.Cc1ccc2c(c1)OCCC2.O=CO. The van der Waals surface area contributed by atoms with Crippen LogP contribution in [0, 0.1) is 17.8 Å². The Bertz CT molecular complexity index is 1210. The maximum Gasteiger partial charge on any atom is 0.290 e. The first-order valence-corrected chi connectivity index (χ1v) is 16.4. The minimum atomic E-state index is -0.305. The molecule has 0 atom stereocenters. The summed E-state index contributed by atoms with van der Waals surface area (Å²) in [5.41, 5.74) is 3.82. The van der Waals surface area contributed by atoms with Crippen molar-refractivity contribution in [2.75, 3.05) is 26.9 Å². The van der Waals surface area contributed by atoms with Crippen molar-refractivity contribution in [3.8, 4) is 5.75 Å². The number of carboxylic acid groups (broad SMARTS) is 1. The van der Waals surface area contributed by atoms with Crippen LogP contribution in [0.5, 0.6) is 5.75 Å². The van der Waals surface area contributed by atoms with Crippen LogP contribution in [-0.2, 0) is 20.8 Å². The van der Waals surface area contributed by atoms with Gasteiger partial charge < -0.3 is 20.5 Å². The number of aliphatic imine (C=N–C) groups is 1. The monoisotopic (exact) mass is 645 g/mol. The van der Waals surface area contributed by atoms with E-state index >= 15 is 0 Å². The summed E-state index contributed by atoms with van der Waals surface area (Å²) < 4.78 is 15.0. The van der Waals surface area contributed by atoms with Crippen molar-refractivity contribution in [3.05, 3.63) is 53.0 Å². The predicted molar refractivity (Wildman–Crippen MR) is 182 cm³/mol. The number of hydrogen-bond acceptors (Lipinski definition) is 7. The average Bonchev–Trinajstić information content (AvgIpc) is 3.08. The molecule has 10 nitrogen and oxygen atoms in total. The molecule has 3 fully saturated rings. The zero-order valence-corrected chi connectivity index (χ0v) is 28.9. The number of benzene rings is 1. The summed E-state index contributed by atoms with van der Waals surface area (Å²) in [6, 6.07) is 6.44. The fourth-order valence-electron chi connectivity index (χ4n) is 5.92. The Labute approximate surface area is 274 Å². The number of carbonyl (C=O) groups is 3. The maximum absolute atomic E-state index is 12.9. The van der Waals surface area contributed by atoms with Gasteiger partial charge in [-0.2, -0.15) is 0 Å². The summed E-state index contributed by atoms with van der Waals surface area (Å²) in [5.74, 6) is 7.09. The van der Waals surface area contributed by atoms with E-state index in [2.05, 4.69) is 47.7 Å². The van der Waals surface area contributed by atoms with Crippen molar-refractivity contribution >= 4 is 24.0 Å². The Kier molecular flexibility index (Phi) is 17.9. The highest BCUT2D eigenvalue weighted by atomic mass is 19.1. The molecule has 5 aliphatic rings. The standard InChI is InChI=1S/C21H33N5O2.C10H12O.C2H6.CH3F.CH2O2/c1-4-6-17-25-15(18(27)23-5-2)13-16(26(17)22)19(28)24-14-21-10-7-20(3,8-11-21)9-12-21;1-8-4-5-9-3-2-6-11-10(9)7-8;2*1-2;2-1-3/h6,13H,4-5,7-12,14,22H2,1-3H3,(H,23,27)(H,24,28);4-5,7H,2-3,6H2,1H3;1-2H3;1H3;1H,(H,2,3)/b17-6-;;;;. The van der Waals surface area contributed by atoms with Crippen LogP contribution >= 0.6 is 0 Å². The third-order valence-corrected chi connectivity index (χ3v) is 8.68. The molecule has 5 N–H and O–H groups in total. The summed E-state index contributed by atoms with van der Waals surface area (Å²) in [6.45, 7) is 14.1. The molecular formula is C35H56FN5O5. The smallest absolute Gasteiger partial charge is 0.290 e. The molecule has 258 valence electrons. The molecule has 2 aliphatic heterocycles. The van der Waals surface area contributed by atoms with Crippen LogP contribution in [0.2, 0.25) is 0 Å². The van der Waals surface area contributed by atoms with E-state index in [0.717, 1.165) is 18.8 Å². The van der Waals surface area contributed by atoms with E-state index in [-0.39, 0.29) is 35.1 Å². The average molecular weight is 646 g/mol. The second-order valence-corrected chi connectivity index (χ2v) is 11.9. The van der Waals surface area contributed by atoms with E-state index in [0.29, 0.717) is 37.9 Å². The van der Waals surface area contributed by atoms with Gasteiger partial charge >= 0.3 is 0 Å². The van der Waals surface area contributed by atoms with Crippen LogP contribution in [0.1, 0.15) is 97.1 Å². The van der Waals surface area contributed by atoms with Crippen LogP contribution in [0.25, 0.3) is 0 Å². The number of hydrazine groups is 1. The number of hydrogen-bond donors (Lipinski definition) is 4. The number of nitrogens with zero attached hydrogens (tertiary/aromatic N) is 2. The van der Waals surface area contributed by atoms with Crippen LogP contribution in [0.3, 0.4) is 0 Å². The van der Waals surface area contributed by atoms with Crippen LogP contribution < -0.4 is 21.2 Å². The van der Waals surface area contributed by atoms with Gasteiger partial charge in [-0.25, -0.2) is 10.8 Å².